The van der Waals surface area contributed by atoms with E-state index in [9.17, 15) is 9.59 Å². The van der Waals surface area contributed by atoms with E-state index < -0.39 is 5.76 Å². The number of benzene rings is 1. The summed E-state index contributed by atoms with van der Waals surface area (Å²) in [5, 5.41) is 4.89. The van der Waals surface area contributed by atoms with E-state index in [0.29, 0.717) is 22.9 Å². The molecule has 0 aliphatic heterocycles. The van der Waals surface area contributed by atoms with E-state index in [-0.39, 0.29) is 23.9 Å². The van der Waals surface area contributed by atoms with Gasteiger partial charge in [0.15, 0.2) is 0 Å². The maximum absolute atomic E-state index is 12.7. The average Bonchev–Trinajstić information content (AvgIpc) is 3.03. The van der Waals surface area contributed by atoms with E-state index in [1.54, 1.807) is 31.0 Å². The number of hydrogen-bond acceptors (Lipinski definition) is 6. The highest BCUT2D eigenvalue weighted by atomic mass is 35.5. The van der Waals surface area contributed by atoms with Gasteiger partial charge in [-0.3, -0.25) is 9.36 Å². The molecule has 1 aromatic carbocycles. The van der Waals surface area contributed by atoms with E-state index in [2.05, 4.69) is 16.7 Å². The number of hydrogen-bond donors (Lipinski definition) is 0. The Morgan fingerprint density at radius 1 is 1.31 bits per heavy atom. The third-order valence-corrected chi connectivity index (χ3v) is 4.92. The van der Waals surface area contributed by atoms with Gasteiger partial charge in [-0.15, -0.1) is 5.10 Å². The van der Waals surface area contributed by atoms with E-state index in [4.69, 9.17) is 16.0 Å². The summed E-state index contributed by atoms with van der Waals surface area (Å²) in [7, 11) is 1.72. The van der Waals surface area contributed by atoms with Crippen LogP contribution in [0.25, 0.3) is 0 Å². The lowest BCUT2D eigenvalue weighted by Gasteiger charge is -2.16. The van der Waals surface area contributed by atoms with Crippen LogP contribution in [0.4, 0.5) is 5.69 Å². The van der Waals surface area contributed by atoms with Crippen molar-refractivity contribution in [2.45, 2.75) is 32.9 Å². The molecule has 0 aliphatic rings. The van der Waals surface area contributed by atoms with Gasteiger partial charge in [-0.1, -0.05) is 37.2 Å². The van der Waals surface area contributed by atoms with Gasteiger partial charge in [0.05, 0.1) is 18.6 Å². The fourth-order valence-electron chi connectivity index (χ4n) is 3.00. The van der Waals surface area contributed by atoms with Crippen LogP contribution in [0.5, 0.6) is 0 Å². The molecular formula is C20H22ClN5O3. The lowest BCUT2D eigenvalue weighted by atomic mass is 10.0. The van der Waals surface area contributed by atoms with Crippen molar-refractivity contribution in [1.82, 2.24) is 19.3 Å². The largest absolute Gasteiger partial charge is 0.437 e. The van der Waals surface area contributed by atoms with Crippen LogP contribution in [0.1, 0.15) is 30.0 Å². The molecule has 2 heterocycles. The first kappa shape index (κ1) is 20.6. The molecule has 0 N–H and O–H groups in total. The van der Waals surface area contributed by atoms with Crippen LogP contribution >= 0.6 is 11.6 Å². The Bertz CT molecular complexity index is 1130. The number of aryl methyl sites for hydroxylation is 1. The minimum Gasteiger partial charge on any atom is -0.390 e. The van der Waals surface area contributed by atoms with E-state index in [0.717, 1.165) is 5.56 Å². The molecular weight excluding hydrogens is 394 g/mol. The molecule has 3 rings (SSSR count). The number of anilines is 1. The smallest absolute Gasteiger partial charge is 0.390 e. The van der Waals surface area contributed by atoms with Crippen LogP contribution in [0.3, 0.4) is 0 Å². The van der Waals surface area contributed by atoms with Gasteiger partial charge in [0.1, 0.15) is 12.2 Å². The summed E-state index contributed by atoms with van der Waals surface area (Å²) in [6.45, 7) is 7.74. The molecule has 152 valence electrons. The normalized spacial score (nSPS) is 12.0. The molecule has 0 aliphatic carbocycles. The monoisotopic (exact) mass is 415 g/mol. The topological polar surface area (TPSA) is 86.2 Å². The first-order valence-corrected chi connectivity index (χ1v) is 9.41. The average molecular weight is 416 g/mol. The van der Waals surface area contributed by atoms with Gasteiger partial charge in [-0.2, -0.15) is 4.68 Å². The summed E-state index contributed by atoms with van der Waals surface area (Å²) in [5.41, 5.74) is 1.74. The SMILES string of the molecule is C=CN(C)c1c(C)ncn(Cc2nn(C[C@@H](C)c3ccc(Cl)cc3)c(=O)o2)c1=O. The molecule has 0 amide bonds. The van der Waals surface area contributed by atoms with Crippen molar-refractivity contribution in [2.24, 2.45) is 0 Å². The Balaban J connectivity index is 1.82. The molecule has 0 bridgehead atoms. The minimum absolute atomic E-state index is 0.00165. The van der Waals surface area contributed by atoms with E-state index in [1.165, 1.54) is 21.8 Å². The summed E-state index contributed by atoms with van der Waals surface area (Å²) < 4.78 is 7.85. The molecule has 0 fully saturated rings. The van der Waals surface area contributed by atoms with Gasteiger partial charge in [-0.25, -0.2) is 9.78 Å². The number of rotatable bonds is 7. The third-order valence-electron chi connectivity index (χ3n) is 4.66. The predicted molar refractivity (Wildman–Crippen MR) is 112 cm³/mol. The number of halogens is 1. The molecule has 0 radical (unpaired) electrons. The second kappa shape index (κ2) is 8.48. The molecule has 2 aromatic heterocycles. The van der Waals surface area contributed by atoms with Crippen LogP contribution in [0.15, 0.2) is 57.4 Å². The summed E-state index contributed by atoms with van der Waals surface area (Å²) in [4.78, 5) is 30.8. The Kier molecular flexibility index (Phi) is 6.03. The summed E-state index contributed by atoms with van der Waals surface area (Å²) >= 11 is 5.92. The molecule has 9 heteroatoms. The lowest BCUT2D eigenvalue weighted by Crippen LogP contribution is -2.28. The van der Waals surface area contributed by atoms with Crippen molar-refractivity contribution in [3.63, 3.8) is 0 Å². The zero-order valence-electron chi connectivity index (χ0n) is 16.5. The summed E-state index contributed by atoms with van der Waals surface area (Å²) in [5.74, 6) is -0.407. The Hall–Kier alpha value is -3.13. The van der Waals surface area contributed by atoms with E-state index in [1.807, 2.05) is 19.1 Å². The maximum atomic E-state index is 12.7. The van der Waals surface area contributed by atoms with Crippen molar-refractivity contribution < 1.29 is 4.42 Å². The molecule has 0 unspecified atom stereocenters. The molecule has 8 nitrogen and oxygen atoms in total. The number of nitrogens with zero attached hydrogens (tertiary/aromatic N) is 5. The van der Waals surface area contributed by atoms with Crippen molar-refractivity contribution in [1.29, 1.82) is 0 Å². The van der Waals surface area contributed by atoms with Crippen LogP contribution in [0.2, 0.25) is 5.02 Å². The molecule has 29 heavy (non-hydrogen) atoms. The Labute approximate surface area is 172 Å². The third kappa shape index (κ3) is 4.48. The quantitative estimate of drug-likeness (QED) is 0.589. The zero-order chi connectivity index (χ0) is 21.1. The highest BCUT2D eigenvalue weighted by Gasteiger charge is 2.16. The van der Waals surface area contributed by atoms with Crippen molar-refractivity contribution in [3.8, 4) is 0 Å². The van der Waals surface area contributed by atoms with Crippen molar-refractivity contribution >= 4 is 17.3 Å². The number of aromatic nitrogens is 4. The van der Waals surface area contributed by atoms with Crippen LogP contribution in [0, 0.1) is 6.92 Å². The summed E-state index contributed by atoms with van der Waals surface area (Å²) in [6.07, 6.45) is 2.94. The second-order valence-corrected chi connectivity index (χ2v) is 7.24. The van der Waals surface area contributed by atoms with Gasteiger partial charge >= 0.3 is 5.76 Å². The first-order chi connectivity index (χ1) is 13.8. The highest BCUT2D eigenvalue weighted by molar-refractivity contribution is 6.30. The Morgan fingerprint density at radius 3 is 2.66 bits per heavy atom. The van der Waals surface area contributed by atoms with Gasteiger partial charge < -0.3 is 9.32 Å². The fourth-order valence-corrected chi connectivity index (χ4v) is 3.13. The van der Waals surface area contributed by atoms with Gasteiger partial charge in [0.25, 0.3) is 5.56 Å². The maximum Gasteiger partial charge on any atom is 0.437 e. The molecule has 3 aromatic rings. The van der Waals surface area contributed by atoms with Crippen molar-refractivity contribution in [3.05, 3.63) is 86.4 Å². The second-order valence-electron chi connectivity index (χ2n) is 6.80. The standard InChI is InChI=1S/C20H22ClN5O3/c1-5-24(4)18-14(3)22-12-25(19(18)27)11-17-23-26(20(28)29-17)10-13(2)15-6-8-16(21)9-7-15/h5-9,12-13H,1,10-11H2,2-4H3/t13-/m1/s1. The highest BCUT2D eigenvalue weighted by Crippen LogP contribution is 2.19. The van der Waals surface area contributed by atoms with Crippen LogP contribution in [-0.2, 0) is 13.1 Å². The van der Waals surface area contributed by atoms with Crippen molar-refractivity contribution in [2.75, 3.05) is 11.9 Å². The van der Waals surface area contributed by atoms with Gasteiger partial charge in [-0.05, 0) is 30.8 Å². The zero-order valence-corrected chi connectivity index (χ0v) is 17.3. The molecule has 0 spiro atoms. The van der Waals surface area contributed by atoms with Crippen LogP contribution < -0.4 is 16.2 Å². The lowest BCUT2D eigenvalue weighted by molar-refractivity contribution is 0.428. The molecule has 0 saturated carbocycles. The fraction of sp³-hybridized carbons (Fsp3) is 0.300. The van der Waals surface area contributed by atoms with Crippen LogP contribution in [-0.4, -0.2) is 26.4 Å². The van der Waals surface area contributed by atoms with Gasteiger partial charge in [0, 0.05) is 18.0 Å². The van der Waals surface area contributed by atoms with E-state index >= 15 is 0 Å². The molecule has 0 saturated heterocycles. The predicted octanol–water partition coefficient (Wildman–Crippen LogP) is 2.79. The molecule has 1 atom stereocenters. The van der Waals surface area contributed by atoms with Gasteiger partial charge in [0.2, 0.25) is 5.89 Å². The minimum atomic E-state index is -0.572. The first-order valence-electron chi connectivity index (χ1n) is 9.04. The summed E-state index contributed by atoms with van der Waals surface area (Å²) in [6, 6.07) is 7.43. The Morgan fingerprint density at radius 2 is 2.00 bits per heavy atom.